The van der Waals surface area contributed by atoms with Gasteiger partial charge in [-0.25, -0.2) is 5.01 Å². The van der Waals surface area contributed by atoms with Gasteiger partial charge in [0.05, 0.1) is 11.4 Å². The summed E-state index contributed by atoms with van der Waals surface area (Å²) in [6.07, 6.45) is 4.67. The molecule has 0 saturated carbocycles. The fraction of sp³-hybridized carbons (Fsp3) is 0.533. The van der Waals surface area contributed by atoms with Crippen molar-refractivity contribution in [3.05, 3.63) is 65.2 Å². The van der Waals surface area contributed by atoms with Crippen LogP contribution in [0.3, 0.4) is 0 Å². The van der Waals surface area contributed by atoms with Crippen molar-refractivity contribution in [1.29, 1.82) is 0 Å². The first-order chi connectivity index (χ1) is 16.6. The van der Waals surface area contributed by atoms with Gasteiger partial charge in [-0.3, -0.25) is 4.79 Å². The Morgan fingerprint density at radius 3 is 2.46 bits per heavy atom. The van der Waals surface area contributed by atoms with Gasteiger partial charge in [-0.2, -0.15) is 5.10 Å². The Morgan fingerprint density at radius 2 is 1.83 bits per heavy atom. The number of hydrazone groups is 1. The van der Waals surface area contributed by atoms with Crippen molar-refractivity contribution in [2.24, 2.45) is 16.4 Å². The summed E-state index contributed by atoms with van der Waals surface area (Å²) in [7, 11) is 0. The number of hydrogen-bond acceptors (Lipinski definition) is 4. The van der Waals surface area contributed by atoms with E-state index in [-0.39, 0.29) is 23.8 Å². The lowest BCUT2D eigenvalue weighted by molar-refractivity contribution is -0.126. The van der Waals surface area contributed by atoms with Crippen LogP contribution >= 0.6 is 0 Å². The van der Waals surface area contributed by atoms with Crippen LogP contribution in [0.1, 0.15) is 76.5 Å². The Hall–Kier alpha value is -2.66. The van der Waals surface area contributed by atoms with Gasteiger partial charge < -0.3 is 10.4 Å². The van der Waals surface area contributed by atoms with Crippen molar-refractivity contribution in [3.63, 3.8) is 0 Å². The zero-order valence-corrected chi connectivity index (χ0v) is 22.4. The Morgan fingerprint density at radius 1 is 1.11 bits per heavy atom. The maximum Gasteiger partial charge on any atom is 0.248 e. The molecule has 35 heavy (non-hydrogen) atoms. The van der Waals surface area contributed by atoms with E-state index in [9.17, 15) is 9.90 Å². The Labute approximate surface area is 211 Å². The fourth-order valence-electron chi connectivity index (χ4n) is 4.87. The molecule has 1 heterocycles. The van der Waals surface area contributed by atoms with Crippen molar-refractivity contribution in [2.45, 2.75) is 79.2 Å². The summed E-state index contributed by atoms with van der Waals surface area (Å²) in [6, 6.07) is 16.7. The van der Waals surface area contributed by atoms with Crippen LogP contribution in [-0.2, 0) is 4.79 Å². The van der Waals surface area contributed by atoms with Crippen LogP contribution in [0.5, 0.6) is 0 Å². The molecule has 0 spiro atoms. The van der Waals surface area contributed by atoms with E-state index in [2.05, 4.69) is 76.3 Å². The lowest BCUT2D eigenvalue weighted by atomic mass is 9.76. The molecule has 2 aromatic rings. The minimum Gasteiger partial charge on any atom is -0.396 e. The summed E-state index contributed by atoms with van der Waals surface area (Å²) in [4.78, 5) is 14.0. The predicted octanol–water partition coefficient (Wildman–Crippen LogP) is 6.01. The van der Waals surface area contributed by atoms with Crippen molar-refractivity contribution >= 4 is 17.3 Å². The summed E-state index contributed by atoms with van der Waals surface area (Å²) in [6.45, 7) is 13.2. The third kappa shape index (κ3) is 6.13. The van der Waals surface area contributed by atoms with Crippen molar-refractivity contribution in [3.8, 4) is 0 Å². The van der Waals surface area contributed by atoms with Gasteiger partial charge in [0.2, 0.25) is 5.91 Å². The Balaban J connectivity index is 1.98. The maximum atomic E-state index is 14.0. The second kappa shape index (κ2) is 11.4. The number of nitrogens with zero attached hydrogens (tertiary/aromatic N) is 2. The van der Waals surface area contributed by atoms with Gasteiger partial charge in [-0.1, -0.05) is 75.6 Å². The zero-order chi connectivity index (χ0) is 25.6. The highest BCUT2D eigenvalue weighted by Gasteiger charge is 2.53. The zero-order valence-electron chi connectivity index (χ0n) is 22.4. The molecule has 5 heteroatoms. The lowest BCUT2D eigenvalue weighted by Crippen LogP contribution is -2.58. The molecule has 2 unspecified atom stereocenters. The minimum atomic E-state index is -0.838. The van der Waals surface area contributed by atoms with Gasteiger partial charge in [0.15, 0.2) is 0 Å². The molecule has 2 N–H and O–H groups in total. The first-order valence-corrected chi connectivity index (χ1v) is 13.0. The summed E-state index contributed by atoms with van der Waals surface area (Å²) >= 11 is 0. The third-order valence-corrected chi connectivity index (χ3v) is 7.30. The van der Waals surface area contributed by atoms with E-state index in [1.54, 1.807) is 0 Å². The third-order valence-electron chi connectivity index (χ3n) is 7.30. The summed E-state index contributed by atoms with van der Waals surface area (Å²) in [5.74, 6) is -0.0210. The molecule has 1 aliphatic heterocycles. The van der Waals surface area contributed by atoms with Crippen LogP contribution in [0, 0.1) is 25.2 Å². The Kier molecular flexibility index (Phi) is 8.76. The number of benzene rings is 2. The lowest BCUT2D eigenvalue weighted by Gasteiger charge is -2.38. The molecule has 0 aliphatic carbocycles. The van der Waals surface area contributed by atoms with E-state index in [1.165, 1.54) is 5.56 Å². The second-order valence-electron chi connectivity index (χ2n) is 11.0. The van der Waals surface area contributed by atoms with Crippen LogP contribution in [0.25, 0.3) is 0 Å². The van der Waals surface area contributed by atoms with Gasteiger partial charge >= 0.3 is 0 Å². The SMILES string of the molecule is CCCCC1C(c2ccc(C)cc2)=NN(c2cccc(C)c2)C1(C)C(=O)NCCCC(C)(C)CO. The first kappa shape index (κ1) is 26.9. The number of unbranched alkanes of at least 4 members (excludes halogenated alkanes) is 1. The predicted molar refractivity (Wildman–Crippen MR) is 146 cm³/mol. The topological polar surface area (TPSA) is 64.9 Å². The largest absolute Gasteiger partial charge is 0.396 e. The molecular formula is C30H43N3O2. The Bertz CT molecular complexity index is 1030. The van der Waals surface area contributed by atoms with Crippen molar-refractivity contribution in [1.82, 2.24) is 5.32 Å². The monoisotopic (exact) mass is 477 g/mol. The van der Waals surface area contributed by atoms with Crippen molar-refractivity contribution < 1.29 is 9.90 Å². The highest BCUT2D eigenvalue weighted by atomic mass is 16.3. The van der Waals surface area contributed by atoms with Gasteiger partial charge in [-0.15, -0.1) is 0 Å². The summed E-state index contributed by atoms with van der Waals surface area (Å²) in [5, 5.41) is 19.9. The van der Waals surface area contributed by atoms with Gasteiger partial charge in [0.25, 0.3) is 0 Å². The highest BCUT2D eigenvalue weighted by Crippen LogP contribution is 2.42. The average molecular weight is 478 g/mol. The van der Waals surface area contributed by atoms with Gasteiger partial charge in [0, 0.05) is 19.1 Å². The number of carbonyl (C=O) groups excluding carboxylic acids is 1. The molecule has 0 fully saturated rings. The number of nitrogens with one attached hydrogen (secondary N) is 1. The number of carbonyl (C=O) groups is 1. The van der Waals surface area contributed by atoms with E-state index < -0.39 is 5.54 Å². The van der Waals surface area contributed by atoms with Crippen LogP contribution in [0.4, 0.5) is 5.69 Å². The summed E-state index contributed by atoms with van der Waals surface area (Å²) in [5.41, 5.74) is 4.37. The van der Waals surface area contributed by atoms with E-state index in [1.807, 2.05) is 24.1 Å². The number of aryl methyl sites for hydroxylation is 2. The number of aliphatic hydroxyl groups is 1. The van der Waals surface area contributed by atoms with E-state index in [0.717, 1.165) is 54.6 Å². The summed E-state index contributed by atoms with van der Waals surface area (Å²) < 4.78 is 0. The molecule has 0 aromatic heterocycles. The number of anilines is 1. The molecule has 5 nitrogen and oxygen atoms in total. The molecule has 2 aromatic carbocycles. The molecule has 1 amide bonds. The first-order valence-electron chi connectivity index (χ1n) is 13.0. The van der Waals surface area contributed by atoms with E-state index in [0.29, 0.717) is 6.54 Å². The number of aliphatic hydroxyl groups excluding tert-OH is 1. The van der Waals surface area contributed by atoms with E-state index >= 15 is 0 Å². The average Bonchev–Trinajstić information content (AvgIpc) is 3.14. The molecule has 1 aliphatic rings. The minimum absolute atomic E-state index is 0.00720. The molecule has 190 valence electrons. The number of rotatable bonds is 11. The van der Waals surface area contributed by atoms with Gasteiger partial charge in [-0.05, 0) is 68.7 Å². The molecule has 0 saturated heterocycles. The molecule has 3 rings (SSSR count). The molecule has 0 bridgehead atoms. The maximum absolute atomic E-state index is 14.0. The molecule has 2 atom stereocenters. The highest BCUT2D eigenvalue weighted by molar-refractivity contribution is 6.10. The molecule has 0 radical (unpaired) electrons. The van der Waals surface area contributed by atoms with Crippen LogP contribution < -0.4 is 10.3 Å². The van der Waals surface area contributed by atoms with Crippen LogP contribution in [0.2, 0.25) is 0 Å². The fourth-order valence-corrected chi connectivity index (χ4v) is 4.87. The molecular weight excluding hydrogens is 434 g/mol. The second-order valence-corrected chi connectivity index (χ2v) is 11.0. The number of amides is 1. The van der Waals surface area contributed by atoms with Crippen LogP contribution in [0.15, 0.2) is 53.6 Å². The van der Waals surface area contributed by atoms with E-state index in [4.69, 9.17) is 5.10 Å². The normalized spacial score (nSPS) is 20.1. The van der Waals surface area contributed by atoms with Gasteiger partial charge in [0.1, 0.15) is 5.54 Å². The van der Waals surface area contributed by atoms with Crippen molar-refractivity contribution in [2.75, 3.05) is 18.2 Å². The number of hydrogen-bond donors (Lipinski definition) is 2. The standard InChI is InChI=1S/C30H43N3O2/c1-7-8-13-26-27(24-16-14-22(2)15-17-24)32-33(25-12-9-11-23(3)20-25)30(26,6)28(35)31-19-10-18-29(4,5)21-34/h9,11-12,14-17,20,26,34H,7-8,10,13,18-19,21H2,1-6H3,(H,31,35). The smallest absolute Gasteiger partial charge is 0.248 e. The quantitative estimate of drug-likeness (QED) is 0.390. The van der Waals surface area contributed by atoms with Crippen LogP contribution in [-0.4, -0.2) is 35.4 Å².